The molecule has 0 unspecified atom stereocenters. The monoisotopic (exact) mass is 173 g/mol. The van der Waals surface area contributed by atoms with E-state index < -0.39 is 0 Å². The normalized spacial score (nSPS) is 28.8. The number of nitrogens with zero attached hydrogens (tertiary/aromatic N) is 1. The molecule has 1 rings (SSSR count). The summed E-state index contributed by atoms with van der Waals surface area (Å²) in [6, 6.07) is -0.259. The predicted octanol–water partition coefficient (Wildman–Crippen LogP) is 0.226. The van der Waals surface area contributed by atoms with Gasteiger partial charge in [0.05, 0.1) is 13.7 Å². The summed E-state index contributed by atoms with van der Waals surface area (Å²) in [7, 11) is 3.25. The Hall–Kier alpha value is -0.610. The van der Waals surface area contributed by atoms with Crippen molar-refractivity contribution in [2.24, 2.45) is 0 Å². The van der Waals surface area contributed by atoms with Gasteiger partial charge >= 0.3 is 5.97 Å². The first-order valence-corrected chi connectivity index (χ1v) is 3.94. The molecule has 0 amide bonds. The van der Waals surface area contributed by atoms with Crippen LogP contribution in [0.4, 0.5) is 0 Å². The van der Waals surface area contributed by atoms with E-state index in [1.54, 1.807) is 0 Å². The minimum absolute atomic E-state index is 0.233. The summed E-state index contributed by atoms with van der Waals surface area (Å²) in [5, 5.41) is 0. The third kappa shape index (κ3) is 1.44. The Labute approximate surface area is 72.4 Å². The molecule has 1 aliphatic rings. The molecule has 0 spiro atoms. The van der Waals surface area contributed by atoms with Crippen LogP contribution in [0.1, 0.15) is 13.8 Å². The predicted molar refractivity (Wildman–Crippen MR) is 43.6 cm³/mol. The second kappa shape index (κ2) is 3.03. The van der Waals surface area contributed by atoms with Gasteiger partial charge in [-0.2, -0.15) is 0 Å². The van der Waals surface area contributed by atoms with Crippen molar-refractivity contribution >= 4 is 5.97 Å². The van der Waals surface area contributed by atoms with Crippen molar-refractivity contribution in [1.29, 1.82) is 0 Å². The maximum Gasteiger partial charge on any atom is 0.325 e. The average Bonchev–Trinajstić information content (AvgIpc) is 2.27. The van der Waals surface area contributed by atoms with E-state index in [0.29, 0.717) is 6.61 Å². The number of ether oxygens (including phenoxy) is 2. The van der Waals surface area contributed by atoms with Gasteiger partial charge in [-0.3, -0.25) is 9.69 Å². The highest BCUT2D eigenvalue weighted by atomic mass is 16.6. The first-order valence-electron chi connectivity index (χ1n) is 3.94. The maximum absolute atomic E-state index is 11.2. The Balaban J connectivity index is 2.67. The van der Waals surface area contributed by atoms with Gasteiger partial charge in [-0.05, 0) is 20.9 Å². The van der Waals surface area contributed by atoms with E-state index in [1.165, 1.54) is 7.11 Å². The molecule has 1 saturated heterocycles. The van der Waals surface area contributed by atoms with E-state index in [1.807, 2.05) is 25.8 Å². The molecule has 0 radical (unpaired) electrons. The van der Waals surface area contributed by atoms with Gasteiger partial charge in [0.1, 0.15) is 11.8 Å². The molecule has 0 aromatic heterocycles. The fourth-order valence-corrected chi connectivity index (χ4v) is 1.23. The molecule has 0 aromatic carbocycles. The summed E-state index contributed by atoms with van der Waals surface area (Å²) in [5.74, 6) is -0.233. The van der Waals surface area contributed by atoms with E-state index in [9.17, 15) is 4.79 Å². The Morgan fingerprint density at radius 3 is 2.58 bits per heavy atom. The van der Waals surface area contributed by atoms with E-state index in [0.717, 1.165) is 0 Å². The molecule has 70 valence electrons. The third-order valence-corrected chi connectivity index (χ3v) is 2.38. The van der Waals surface area contributed by atoms with Gasteiger partial charge in [0.2, 0.25) is 0 Å². The minimum atomic E-state index is -0.362. The summed E-state index contributed by atoms with van der Waals surface area (Å²) in [5.41, 5.74) is -0.362. The molecule has 1 fully saturated rings. The Morgan fingerprint density at radius 2 is 2.25 bits per heavy atom. The van der Waals surface area contributed by atoms with Crippen molar-refractivity contribution in [2.45, 2.75) is 25.6 Å². The summed E-state index contributed by atoms with van der Waals surface area (Å²) in [6.07, 6.45) is 0. The van der Waals surface area contributed by atoms with Crippen LogP contribution in [0, 0.1) is 0 Å². The molecule has 1 atom stereocenters. The number of carbonyl (C=O) groups excluding carboxylic acids is 1. The van der Waals surface area contributed by atoms with Gasteiger partial charge in [-0.1, -0.05) is 0 Å². The van der Waals surface area contributed by atoms with E-state index >= 15 is 0 Å². The van der Waals surface area contributed by atoms with Crippen molar-refractivity contribution < 1.29 is 14.3 Å². The molecular formula is C8H15NO3. The lowest BCUT2D eigenvalue weighted by molar-refractivity contribution is -0.146. The van der Waals surface area contributed by atoms with Crippen LogP contribution in [-0.4, -0.2) is 43.4 Å². The third-order valence-electron chi connectivity index (χ3n) is 2.38. The zero-order chi connectivity index (χ0) is 9.35. The van der Waals surface area contributed by atoms with Crippen molar-refractivity contribution in [3.05, 3.63) is 0 Å². The lowest BCUT2D eigenvalue weighted by atomic mass is 10.2. The van der Waals surface area contributed by atoms with Gasteiger partial charge in [0.15, 0.2) is 0 Å². The van der Waals surface area contributed by atoms with Crippen LogP contribution >= 0.6 is 0 Å². The Morgan fingerprint density at radius 1 is 1.67 bits per heavy atom. The molecule has 0 bridgehead atoms. The highest BCUT2D eigenvalue weighted by Crippen LogP contribution is 2.25. The topological polar surface area (TPSA) is 38.8 Å². The molecular weight excluding hydrogens is 158 g/mol. The first kappa shape index (κ1) is 9.48. The van der Waals surface area contributed by atoms with Crippen LogP contribution in [0.2, 0.25) is 0 Å². The van der Waals surface area contributed by atoms with E-state index in [4.69, 9.17) is 4.74 Å². The molecule has 0 aliphatic carbocycles. The van der Waals surface area contributed by atoms with Gasteiger partial charge in [-0.15, -0.1) is 0 Å². The van der Waals surface area contributed by atoms with E-state index in [-0.39, 0.29) is 17.7 Å². The lowest BCUT2D eigenvalue weighted by Gasteiger charge is -2.28. The molecule has 1 aliphatic heterocycles. The number of methoxy groups -OCH3 is 1. The minimum Gasteiger partial charge on any atom is -0.468 e. The largest absolute Gasteiger partial charge is 0.468 e. The van der Waals surface area contributed by atoms with Crippen LogP contribution < -0.4 is 0 Å². The fourth-order valence-electron chi connectivity index (χ4n) is 1.23. The summed E-state index contributed by atoms with van der Waals surface area (Å²) >= 11 is 0. The van der Waals surface area contributed by atoms with Crippen molar-refractivity contribution in [3.8, 4) is 0 Å². The highest BCUT2D eigenvalue weighted by molar-refractivity contribution is 5.76. The molecule has 0 N–H and O–H groups in total. The molecule has 0 saturated carbocycles. The molecule has 4 nitrogen and oxygen atoms in total. The summed E-state index contributed by atoms with van der Waals surface area (Å²) in [6.45, 7) is 4.27. The zero-order valence-electron chi connectivity index (χ0n) is 7.96. The maximum atomic E-state index is 11.2. The average molecular weight is 173 g/mol. The quantitative estimate of drug-likeness (QED) is 0.532. The second-order valence-corrected chi connectivity index (χ2v) is 3.41. The lowest BCUT2D eigenvalue weighted by Crippen LogP contribution is -2.44. The second-order valence-electron chi connectivity index (χ2n) is 3.41. The molecule has 4 heteroatoms. The number of rotatable bonds is 1. The Bertz CT molecular complexity index is 191. The smallest absolute Gasteiger partial charge is 0.325 e. The summed E-state index contributed by atoms with van der Waals surface area (Å²) in [4.78, 5) is 13.0. The number of carbonyl (C=O) groups is 1. The Kier molecular flexibility index (Phi) is 2.39. The number of likely N-dealkylation sites (N-methyl/N-ethyl adjacent to an activating group) is 1. The van der Waals surface area contributed by atoms with Crippen LogP contribution in [0.15, 0.2) is 0 Å². The van der Waals surface area contributed by atoms with Crippen molar-refractivity contribution in [3.63, 3.8) is 0 Å². The number of hydrogen-bond donors (Lipinski definition) is 0. The van der Waals surface area contributed by atoms with Crippen molar-refractivity contribution in [1.82, 2.24) is 4.90 Å². The molecule has 0 aromatic rings. The summed E-state index contributed by atoms with van der Waals surface area (Å²) < 4.78 is 10.1. The number of hydrogen-bond acceptors (Lipinski definition) is 4. The SMILES string of the molecule is COC(=O)[C@H]1COC(C)(C)N1C. The van der Waals surface area contributed by atoms with Gasteiger partial charge in [-0.25, -0.2) is 0 Å². The van der Waals surface area contributed by atoms with Crippen LogP contribution in [0.25, 0.3) is 0 Å². The molecule has 1 heterocycles. The molecule has 12 heavy (non-hydrogen) atoms. The number of esters is 1. The van der Waals surface area contributed by atoms with Gasteiger partial charge < -0.3 is 9.47 Å². The van der Waals surface area contributed by atoms with Crippen LogP contribution in [0.3, 0.4) is 0 Å². The standard InChI is InChI=1S/C8H15NO3/c1-8(2)9(3)6(5-12-8)7(10)11-4/h6H,5H2,1-4H3/t6-/m1/s1. The van der Waals surface area contributed by atoms with Crippen LogP contribution in [0.5, 0.6) is 0 Å². The van der Waals surface area contributed by atoms with Crippen molar-refractivity contribution in [2.75, 3.05) is 20.8 Å². The van der Waals surface area contributed by atoms with Crippen LogP contribution in [-0.2, 0) is 14.3 Å². The van der Waals surface area contributed by atoms with Gasteiger partial charge in [0.25, 0.3) is 0 Å². The van der Waals surface area contributed by atoms with E-state index in [2.05, 4.69) is 4.74 Å². The highest BCUT2D eigenvalue weighted by Gasteiger charge is 2.41. The van der Waals surface area contributed by atoms with Gasteiger partial charge in [0, 0.05) is 0 Å². The first-order chi connectivity index (χ1) is 5.49. The zero-order valence-corrected chi connectivity index (χ0v) is 7.96. The fraction of sp³-hybridized carbons (Fsp3) is 0.875.